The van der Waals surface area contributed by atoms with Crippen LogP contribution in [-0.4, -0.2) is 73.2 Å². The van der Waals surface area contributed by atoms with Gasteiger partial charge in [0.15, 0.2) is 17.8 Å². The molecule has 3 aliphatic heterocycles. The molecule has 3 heterocycles. The van der Waals surface area contributed by atoms with E-state index < -0.39 is 32.0 Å². The van der Waals surface area contributed by atoms with Crippen LogP contribution in [0, 0.1) is 17.4 Å². The predicted octanol–water partition coefficient (Wildman–Crippen LogP) is 2.73. The van der Waals surface area contributed by atoms with Crippen molar-refractivity contribution in [2.45, 2.75) is 108 Å². The monoisotopic (exact) mass is 425 g/mol. The van der Waals surface area contributed by atoms with Crippen molar-refractivity contribution in [2.75, 3.05) is 6.61 Å². The second-order valence-electron chi connectivity index (χ2n) is 10.6. The van der Waals surface area contributed by atoms with Crippen LogP contribution >= 0.6 is 0 Å². The zero-order valence-electron chi connectivity index (χ0n) is 18.6. The summed E-state index contributed by atoms with van der Waals surface area (Å²) < 4.78 is 30.4. The first-order valence-corrected chi connectivity index (χ1v) is 14.2. The van der Waals surface area contributed by atoms with Crippen LogP contribution < -0.4 is 0 Å². The maximum atomic E-state index is 11.2. The lowest BCUT2D eigenvalue weighted by atomic mass is 10.1. The predicted molar refractivity (Wildman–Crippen MR) is 109 cm³/mol. The van der Waals surface area contributed by atoms with Gasteiger partial charge in [-0.05, 0) is 46.5 Å². The second-order valence-corrected chi connectivity index (χ2v) is 15.4. The molecule has 1 N–H and O–H groups in total. The lowest BCUT2D eigenvalue weighted by Gasteiger charge is -2.32. The fraction of sp³-hybridized carbons (Fsp3) is 0.905. The summed E-state index contributed by atoms with van der Waals surface area (Å²) >= 11 is 0. The Morgan fingerprint density at radius 2 is 1.62 bits per heavy atom. The highest BCUT2D eigenvalue weighted by Gasteiger charge is 2.61. The summed E-state index contributed by atoms with van der Waals surface area (Å²) in [6.07, 6.45) is 0.0833. The SMILES string of the molecule is CC1(C)O[C@H]2[C@@H]([C@H]3COC(C)(C)O3)O[C@H](N(O)[C@@H](C#C[Si](C)(C)C)C3CC3)[C@H]2O1. The van der Waals surface area contributed by atoms with Crippen molar-refractivity contribution in [3.05, 3.63) is 0 Å². The number of hydroxylamine groups is 2. The Morgan fingerprint density at radius 1 is 0.966 bits per heavy atom. The Morgan fingerprint density at radius 3 is 2.17 bits per heavy atom. The lowest BCUT2D eigenvalue weighted by Crippen LogP contribution is -2.48. The molecule has 0 spiro atoms. The van der Waals surface area contributed by atoms with Crippen molar-refractivity contribution in [2.24, 2.45) is 5.92 Å². The molecule has 6 atom stereocenters. The van der Waals surface area contributed by atoms with Crippen LogP contribution in [0.5, 0.6) is 0 Å². The quantitative estimate of drug-likeness (QED) is 0.422. The van der Waals surface area contributed by atoms with Crippen molar-refractivity contribution in [3.8, 4) is 11.5 Å². The van der Waals surface area contributed by atoms with Gasteiger partial charge < -0.3 is 28.9 Å². The molecule has 164 valence electrons. The van der Waals surface area contributed by atoms with Gasteiger partial charge in [0.2, 0.25) is 0 Å². The average Bonchev–Trinajstić information content (AvgIpc) is 3.16. The van der Waals surface area contributed by atoms with Crippen LogP contribution in [0.25, 0.3) is 0 Å². The summed E-state index contributed by atoms with van der Waals surface area (Å²) in [4.78, 5) is 0. The summed E-state index contributed by atoms with van der Waals surface area (Å²) in [6.45, 7) is 14.6. The first-order chi connectivity index (χ1) is 13.4. The number of fused-ring (bicyclic) bond motifs is 1. The van der Waals surface area contributed by atoms with Gasteiger partial charge in [0.1, 0.15) is 38.5 Å². The minimum Gasteiger partial charge on any atom is -0.349 e. The molecular weight excluding hydrogens is 390 g/mol. The fourth-order valence-corrected chi connectivity index (χ4v) is 4.84. The molecule has 0 unspecified atom stereocenters. The van der Waals surface area contributed by atoms with E-state index in [1.807, 2.05) is 27.7 Å². The molecule has 4 rings (SSSR count). The molecule has 29 heavy (non-hydrogen) atoms. The minimum absolute atomic E-state index is 0.254. The van der Waals surface area contributed by atoms with Gasteiger partial charge in [0, 0.05) is 0 Å². The van der Waals surface area contributed by atoms with Crippen LogP contribution in [0.15, 0.2) is 0 Å². The average molecular weight is 426 g/mol. The number of ether oxygens (including phenoxy) is 5. The smallest absolute Gasteiger partial charge is 0.164 e. The van der Waals surface area contributed by atoms with Gasteiger partial charge in [0.05, 0.1) is 6.61 Å². The molecule has 0 amide bonds. The summed E-state index contributed by atoms with van der Waals surface area (Å²) in [6, 6.07) is -0.254. The van der Waals surface area contributed by atoms with Crippen molar-refractivity contribution in [1.82, 2.24) is 5.06 Å². The maximum Gasteiger partial charge on any atom is 0.164 e. The highest BCUT2D eigenvalue weighted by molar-refractivity contribution is 6.83. The van der Waals surface area contributed by atoms with Gasteiger partial charge in [-0.2, -0.15) is 0 Å². The molecule has 4 aliphatic rings. The van der Waals surface area contributed by atoms with E-state index in [-0.39, 0.29) is 24.4 Å². The zero-order chi connectivity index (χ0) is 21.2. The third-order valence-electron chi connectivity index (χ3n) is 5.67. The van der Waals surface area contributed by atoms with E-state index in [9.17, 15) is 5.21 Å². The van der Waals surface area contributed by atoms with Gasteiger partial charge in [0.25, 0.3) is 0 Å². The first-order valence-electron chi connectivity index (χ1n) is 10.7. The Bertz CT molecular complexity index is 692. The minimum atomic E-state index is -1.56. The molecule has 8 heteroatoms. The largest absolute Gasteiger partial charge is 0.349 e. The van der Waals surface area contributed by atoms with Gasteiger partial charge in [-0.15, -0.1) is 10.6 Å². The van der Waals surface area contributed by atoms with Crippen molar-refractivity contribution in [3.63, 3.8) is 0 Å². The highest BCUT2D eigenvalue weighted by atomic mass is 28.3. The maximum absolute atomic E-state index is 11.2. The molecule has 1 aliphatic carbocycles. The van der Waals surface area contributed by atoms with Crippen LogP contribution in [0.4, 0.5) is 0 Å². The van der Waals surface area contributed by atoms with Crippen molar-refractivity contribution in [1.29, 1.82) is 0 Å². The third-order valence-corrected chi connectivity index (χ3v) is 6.57. The number of hydrogen-bond acceptors (Lipinski definition) is 7. The molecule has 1 saturated carbocycles. The van der Waals surface area contributed by atoms with E-state index in [2.05, 4.69) is 31.1 Å². The standard InChI is InChI=1S/C21H35NO6Si/c1-20(2)24-12-15(26-20)16-17-18(28-21(3,4)27-17)19(25-16)22(23)14(13-8-9-13)10-11-29(5,6)7/h13-19,23H,8-9,12H2,1-7H3/t14-,15+,16+,17-,18-,19-/m0/s1. The Kier molecular flexibility index (Phi) is 5.45. The van der Waals surface area contributed by atoms with E-state index >= 15 is 0 Å². The van der Waals surface area contributed by atoms with Crippen LogP contribution in [-0.2, 0) is 23.7 Å². The second kappa shape index (κ2) is 7.28. The molecule has 3 saturated heterocycles. The van der Waals surface area contributed by atoms with Gasteiger partial charge in [-0.1, -0.05) is 25.6 Å². The first kappa shape index (κ1) is 21.7. The summed E-state index contributed by atoms with van der Waals surface area (Å²) in [5, 5.41) is 12.5. The van der Waals surface area contributed by atoms with Crippen LogP contribution in [0.3, 0.4) is 0 Å². The molecule has 0 aromatic heterocycles. The van der Waals surface area contributed by atoms with Crippen LogP contribution in [0.1, 0.15) is 40.5 Å². The normalized spacial score (nSPS) is 39.3. The highest BCUT2D eigenvalue weighted by Crippen LogP contribution is 2.44. The van der Waals surface area contributed by atoms with Crippen molar-refractivity contribution >= 4 is 8.07 Å². The van der Waals surface area contributed by atoms with Gasteiger partial charge in [-0.25, -0.2) is 0 Å². The summed E-state index contributed by atoms with van der Waals surface area (Å²) in [7, 11) is -1.56. The molecule has 0 bridgehead atoms. The Balaban J connectivity index is 1.56. The number of rotatable bonds is 4. The number of hydrogen-bond donors (Lipinski definition) is 1. The Labute approximate surface area is 174 Å². The zero-order valence-corrected chi connectivity index (χ0v) is 19.6. The number of nitrogens with zero attached hydrogens (tertiary/aromatic N) is 1. The topological polar surface area (TPSA) is 69.6 Å². The van der Waals surface area contributed by atoms with E-state index in [0.29, 0.717) is 12.5 Å². The molecule has 0 aromatic carbocycles. The van der Waals surface area contributed by atoms with Crippen molar-refractivity contribution < 1.29 is 28.9 Å². The van der Waals surface area contributed by atoms with Crippen LogP contribution in [0.2, 0.25) is 19.6 Å². The summed E-state index contributed by atoms with van der Waals surface area (Å²) in [5.41, 5.74) is 3.42. The molecular formula is C21H35NO6Si. The van der Waals surface area contributed by atoms with E-state index in [1.54, 1.807) is 0 Å². The Hall–Kier alpha value is -0.503. The van der Waals surface area contributed by atoms with Gasteiger partial charge in [-0.3, -0.25) is 0 Å². The lowest BCUT2D eigenvalue weighted by molar-refractivity contribution is -0.279. The molecule has 4 fully saturated rings. The molecule has 7 nitrogen and oxygen atoms in total. The fourth-order valence-electron chi connectivity index (χ4n) is 4.26. The van der Waals surface area contributed by atoms with Gasteiger partial charge >= 0.3 is 0 Å². The summed E-state index contributed by atoms with van der Waals surface area (Å²) in [5.74, 6) is 2.31. The van der Waals surface area contributed by atoms with E-state index in [1.165, 1.54) is 5.06 Å². The third kappa shape index (κ3) is 4.73. The van der Waals surface area contributed by atoms with E-state index in [0.717, 1.165) is 12.8 Å². The van der Waals surface area contributed by atoms with E-state index in [4.69, 9.17) is 23.7 Å². The molecule has 0 radical (unpaired) electrons. The molecule has 0 aromatic rings.